The summed E-state index contributed by atoms with van der Waals surface area (Å²) in [7, 11) is 1.78. The van der Waals surface area contributed by atoms with E-state index in [1.165, 1.54) is 19.3 Å². The van der Waals surface area contributed by atoms with Gasteiger partial charge in [-0.25, -0.2) is 4.98 Å². The minimum absolute atomic E-state index is 0.0305. The number of hydrogen-bond donors (Lipinski definition) is 1. The SMILES string of the molecule is CCn1cnc2cc(-c3cn(C)c(=O)c4[nH]ccc34)c(OCC3CCC3)cc21. The molecule has 0 spiro atoms. The lowest BCUT2D eigenvalue weighted by atomic mass is 9.86. The molecule has 144 valence electrons. The Balaban J connectivity index is 1.72. The highest BCUT2D eigenvalue weighted by atomic mass is 16.5. The van der Waals surface area contributed by atoms with E-state index in [0.29, 0.717) is 11.4 Å². The molecule has 1 saturated carbocycles. The average Bonchev–Trinajstić information content (AvgIpc) is 3.29. The number of aryl methyl sites for hydroxylation is 2. The number of pyridine rings is 1. The smallest absolute Gasteiger partial charge is 0.274 e. The summed E-state index contributed by atoms with van der Waals surface area (Å²) in [5, 5.41) is 0.908. The molecule has 0 saturated heterocycles. The third-order valence-electron chi connectivity index (χ3n) is 5.95. The Morgan fingerprint density at radius 3 is 2.89 bits per heavy atom. The van der Waals surface area contributed by atoms with Crippen molar-refractivity contribution < 1.29 is 4.74 Å². The van der Waals surface area contributed by atoms with Gasteiger partial charge in [0.2, 0.25) is 0 Å². The standard InChI is InChI=1S/C22H24N4O2/c1-3-26-13-24-18-9-16(20(10-19(18)26)28-12-14-5-4-6-14)17-11-25(2)22(27)21-15(17)7-8-23-21/h7-11,13-14,23H,3-6,12H2,1-2H3. The van der Waals surface area contributed by atoms with E-state index in [4.69, 9.17) is 4.74 Å². The van der Waals surface area contributed by atoms with Crippen molar-refractivity contribution in [2.45, 2.75) is 32.7 Å². The zero-order valence-corrected chi connectivity index (χ0v) is 16.2. The van der Waals surface area contributed by atoms with Crippen LogP contribution in [0.2, 0.25) is 0 Å². The molecule has 1 aromatic carbocycles. The third kappa shape index (κ3) is 2.63. The zero-order chi connectivity index (χ0) is 19.3. The van der Waals surface area contributed by atoms with Crippen LogP contribution in [0.25, 0.3) is 33.1 Å². The largest absolute Gasteiger partial charge is 0.493 e. The van der Waals surface area contributed by atoms with Gasteiger partial charge in [-0.3, -0.25) is 4.79 Å². The van der Waals surface area contributed by atoms with Crippen molar-refractivity contribution in [3.05, 3.63) is 47.3 Å². The quantitative estimate of drug-likeness (QED) is 0.571. The van der Waals surface area contributed by atoms with E-state index >= 15 is 0 Å². The van der Waals surface area contributed by atoms with Gasteiger partial charge in [-0.1, -0.05) is 6.42 Å². The van der Waals surface area contributed by atoms with Crippen molar-refractivity contribution in [2.75, 3.05) is 6.61 Å². The van der Waals surface area contributed by atoms with Crippen molar-refractivity contribution in [3.8, 4) is 16.9 Å². The van der Waals surface area contributed by atoms with Crippen LogP contribution in [0.4, 0.5) is 0 Å². The van der Waals surface area contributed by atoms with Gasteiger partial charge in [-0.05, 0) is 37.8 Å². The first-order valence-electron chi connectivity index (χ1n) is 9.94. The highest BCUT2D eigenvalue weighted by Crippen LogP contribution is 2.38. The number of fused-ring (bicyclic) bond motifs is 2. The fourth-order valence-corrected chi connectivity index (χ4v) is 4.02. The molecule has 0 aliphatic heterocycles. The van der Waals surface area contributed by atoms with E-state index in [1.807, 2.05) is 24.8 Å². The number of hydrogen-bond acceptors (Lipinski definition) is 3. The van der Waals surface area contributed by atoms with Crippen LogP contribution in [-0.4, -0.2) is 25.7 Å². The Kier molecular flexibility index (Phi) is 4.00. The van der Waals surface area contributed by atoms with Gasteiger partial charge in [0.1, 0.15) is 11.3 Å². The monoisotopic (exact) mass is 376 g/mol. The second-order valence-electron chi connectivity index (χ2n) is 7.70. The van der Waals surface area contributed by atoms with E-state index in [2.05, 4.69) is 33.6 Å². The molecule has 5 rings (SSSR count). The van der Waals surface area contributed by atoms with Crippen molar-refractivity contribution in [1.29, 1.82) is 0 Å². The molecule has 4 aromatic rings. The number of nitrogens with zero attached hydrogens (tertiary/aromatic N) is 3. The van der Waals surface area contributed by atoms with Gasteiger partial charge < -0.3 is 18.9 Å². The molecule has 0 bridgehead atoms. The molecular weight excluding hydrogens is 352 g/mol. The molecule has 3 heterocycles. The number of benzene rings is 1. The number of aromatic amines is 1. The van der Waals surface area contributed by atoms with E-state index in [9.17, 15) is 4.79 Å². The first-order chi connectivity index (χ1) is 13.7. The number of nitrogens with one attached hydrogen (secondary N) is 1. The Bertz CT molecular complexity index is 1230. The molecule has 6 heteroatoms. The Hall–Kier alpha value is -3.02. The van der Waals surface area contributed by atoms with Crippen LogP contribution in [0, 0.1) is 5.92 Å². The van der Waals surface area contributed by atoms with Crippen LogP contribution < -0.4 is 10.3 Å². The number of imidazole rings is 1. The second kappa shape index (κ2) is 6.55. The highest BCUT2D eigenvalue weighted by molar-refractivity contribution is 5.98. The molecule has 1 aliphatic carbocycles. The van der Waals surface area contributed by atoms with Gasteiger partial charge >= 0.3 is 0 Å². The molecular formula is C22H24N4O2. The summed E-state index contributed by atoms with van der Waals surface area (Å²) < 4.78 is 10.1. The van der Waals surface area contributed by atoms with Gasteiger partial charge in [0.25, 0.3) is 5.56 Å². The fourth-order valence-electron chi connectivity index (χ4n) is 4.02. The normalized spacial score (nSPS) is 14.6. The first-order valence-corrected chi connectivity index (χ1v) is 9.94. The topological polar surface area (TPSA) is 64.8 Å². The summed E-state index contributed by atoms with van der Waals surface area (Å²) in [5.41, 5.74) is 4.56. The number of H-pyrrole nitrogens is 1. The number of ether oxygens (including phenoxy) is 1. The van der Waals surface area contributed by atoms with E-state index < -0.39 is 0 Å². The molecule has 0 unspecified atom stereocenters. The predicted molar refractivity (Wildman–Crippen MR) is 111 cm³/mol. The molecule has 6 nitrogen and oxygen atoms in total. The maximum atomic E-state index is 12.5. The van der Waals surface area contributed by atoms with Gasteiger partial charge in [0, 0.05) is 48.6 Å². The van der Waals surface area contributed by atoms with Gasteiger partial charge in [0.05, 0.1) is 24.0 Å². The Labute approximate surface area is 162 Å². The lowest BCUT2D eigenvalue weighted by Gasteiger charge is -2.26. The van der Waals surface area contributed by atoms with Crippen LogP contribution in [0.3, 0.4) is 0 Å². The van der Waals surface area contributed by atoms with E-state index in [1.54, 1.807) is 11.6 Å². The van der Waals surface area contributed by atoms with Crippen LogP contribution in [0.5, 0.6) is 5.75 Å². The second-order valence-corrected chi connectivity index (χ2v) is 7.70. The van der Waals surface area contributed by atoms with Crippen LogP contribution in [0.1, 0.15) is 26.2 Å². The fraction of sp³-hybridized carbons (Fsp3) is 0.364. The lowest BCUT2D eigenvalue weighted by molar-refractivity contribution is 0.181. The highest BCUT2D eigenvalue weighted by Gasteiger charge is 2.21. The Morgan fingerprint density at radius 2 is 2.14 bits per heavy atom. The average molecular weight is 376 g/mol. The molecule has 0 radical (unpaired) electrons. The van der Waals surface area contributed by atoms with Gasteiger partial charge in [-0.2, -0.15) is 0 Å². The summed E-state index contributed by atoms with van der Waals surface area (Å²) >= 11 is 0. The maximum absolute atomic E-state index is 12.5. The lowest BCUT2D eigenvalue weighted by Crippen LogP contribution is -2.19. The minimum atomic E-state index is -0.0305. The molecule has 28 heavy (non-hydrogen) atoms. The van der Waals surface area contributed by atoms with Crippen LogP contribution in [-0.2, 0) is 13.6 Å². The summed E-state index contributed by atoms with van der Waals surface area (Å²) in [6, 6.07) is 6.14. The summed E-state index contributed by atoms with van der Waals surface area (Å²) in [6.07, 6.45) is 9.37. The first kappa shape index (κ1) is 17.1. The minimum Gasteiger partial charge on any atom is -0.493 e. The predicted octanol–water partition coefficient (Wildman–Crippen LogP) is 4.08. The summed E-state index contributed by atoms with van der Waals surface area (Å²) in [4.78, 5) is 20.1. The number of rotatable bonds is 5. The van der Waals surface area contributed by atoms with Crippen molar-refractivity contribution in [2.24, 2.45) is 13.0 Å². The molecule has 3 aromatic heterocycles. The Morgan fingerprint density at radius 1 is 1.29 bits per heavy atom. The maximum Gasteiger partial charge on any atom is 0.274 e. The van der Waals surface area contributed by atoms with Gasteiger partial charge in [0.15, 0.2) is 0 Å². The van der Waals surface area contributed by atoms with Crippen molar-refractivity contribution in [1.82, 2.24) is 19.1 Å². The summed E-state index contributed by atoms with van der Waals surface area (Å²) in [5.74, 6) is 1.50. The van der Waals surface area contributed by atoms with E-state index in [0.717, 1.165) is 46.4 Å². The van der Waals surface area contributed by atoms with E-state index in [-0.39, 0.29) is 5.56 Å². The molecule has 1 fully saturated rings. The van der Waals surface area contributed by atoms with Crippen LogP contribution in [0.15, 0.2) is 41.7 Å². The van der Waals surface area contributed by atoms with Crippen LogP contribution >= 0.6 is 0 Å². The van der Waals surface area contributed by atoms with Gasteiger partial charge in [-0.15, -0.1) is 0 Å². The molecule has 1 N–H and O–H groups in total. The zero-order valence-electron chi connectivity index (χ0n) is 16.2. The van der Waals surface area contributed by atoms with Crippen molar-refractivity contribution >= 4 is 21.9 Å². The molecule has 1 aliphatic rings. The summed E-state index contributed by atoms with van der Waals surface area (Å²) in [6.45, 7) is 3.71. The molecule has 0 amide bonds. The van der Waals surface area contributed by atoms with Crippen molar-refractivity contribution in [3.63, 3.8) is 0 Å². The molecule has 0 atom stereocenters. The third-order valence-corrected chi connectivity index (χ3v) is 5.95. The number of aromatic nitrogens is 4.